The van der Waals surface area contributed by atoms with Crippen LogP contribution in [0.3, 0.4) is 0 Å². The molecule has 2 aliphatic rings. The van der Waals surface area contributed by atoms with Gasteiger partial charge < -0.3 is 15.8 Å². The van der Waals surface area contributed by atoms with Gasteiger partial charge >= 0.3 is 0 Å². The number of aromatic nitrogens is 4. The fourth-order valence-corrected chi connectivity index (χ4v) is 4.40. The number of ether oxygens (including phenoxy) is 1. The van der Waals surface area contributed by atoms with E-state index in [9.17, 15) is 13.6 Å². The van der Waals surface area contributed by atoms with Crippen molar-refractivity contribution < 1.29 is 18.3 Å². The molecule has 0 spiro atoms. The van der Waals surface area contributed by atoms with Crippen LogP contribution in [0.1, 0.15) is 22.0 Å². The lowest BCUT2D eigenvalue weighted by molar-refractivity contribution is 0.0937. The van der Waals surface area contributed by atoms with Crippen LogP contribution in [0.15, 0.2) is 36.7 Å². The molecule has 6 rings (SSSR count). The number of carbonyl (C=O) groups is 1. The molecule has 1 unspecified atom stereocenters. The number of Topliss-reactive ketones (excluding diaryl/α,β-unsaturated/α-hetero) is 1. The monoisotopic (exact) mass is 434 g/mol. The number of ketones is 1. The minimum absolute atomic E-state index is 0.149. The molecule has 32 heavy (non-hydrogen) atoms. The Morgan fingerprint density at radius 3 is 2.94 bits per heavy atom. The molecule has 1 atom stereocenters. The normalized spacial score (nSPS) is 17.1. The van der Waals surface area contributed by atoms with Gasteiger partial charge in [0.15, 0.2) is 23.0 Å². The smallest absolute Gasteiger partial charge is 0.188 e. The first kappa shape index (κ1) is 18.7. The Morgan fingerprint density at radius 1 is 1.19 bits per heavy atom. The molecule has 1 aliphatic heterocycles. The van der Waals surface area contributed by atoms with Crippen molar-refractivity contribution in [1.29, 1.82) is 0 Å². The predicted molar refractivity (Wildman–Crippen MR) is 113 cm³/mol. The number of anilines is 2. The predicted octanol–water partition coefficient (Wildman–Crippen LogP) is 3.14. The molecule has 0 bridgehead atoms. The summed E-state index contributed by atoms with van der Waals surface area (Å²) in [5, 5.41) is 8.16. The number of nitrogens with zero attached hydrogens (tertiary/aromatic N) is 4. The van der Waals surface area contributed by atoms with Crippen LogP contribution in [0.25, 0.3) is 22.3 Å². The van der Waals surface area contributed by atoms with Crippen LogP contribution in [0.4, 0.5) is 20.3 Å². The summed E-state index contributed by atoms with van der Waals surface area (Å²) < 4.78 is 35.4. The van der Waals surface area contributed by atoms with E-state index in [1.807, 2.05) is 0 Å². The lowest BCUT2D eigenvalue weighted by Gasteiger charge is -2.20. The third kappa shape index (κ3) is 2.65. The minimum Gasteiger partial charge on any atom is -0.486 e. The molecule has 0 amide bonds. The summed E-state index contributed by atoms with van der Waals surface area (Å²) in [6.07, 6.45) is 1.62. The Labute approximate surface area is 180 Å². The van der Waals surface area contributed by atoms with Crippen molar-refractivity contribution >= 4 is 28.3 Å². The second-order valence-electron chi connectivity index (χ2n) is 7.75. The molecule has 1 aliphatic carbocycles. The van der Waals surface area contributed by atoms with E-state index in [-0.39, 0.29) is 17.4 Å². The van der Waals surface area contributed by atoms with E-state index < -0.39 is 17.7 Å². The molecular weight excluding hydrogens is 418 g/mol. The number of halogens is 2. The number of benzene rings is 2. The van der Waals surface area contributed by atoms with Crippen LogP contribution in [0, 0.1) is 11.6 Å². The van der Waals surface area contributed by atoms with Crippen LogP contribution in [0.5, 0.6) is 5.75 Å². The summed E-state index contributed by atoms with van der Waals surface area (Å²) in [7, 11) is 0. The Morgan fingerprint density at radius 2 is 2.06 bits per heavy atom. The van der Waals surface area contributed by atoms with E-state index in [1.165, 1.54) is 29.2 Å². The number of hydrogen-bond donors (Lipinski definition) is 2. The fraction of sp³-hybridized carbons (Fsp3) is 0.182. The molecule has 0 radical (unpaired) electrons. The highest BCUT2D eigenvalue weighted by Gasteiger charge is 2.35. The Bertz CT molecular complexity index is 1430. The first-order valence-corrected chi connectivity index (χ1v) is 10.0. The Hall–Kier alpha value is -4.08. The van der Waals surface area contributed by atoms with E-state index in [1.54, 1.807) is 12.1 Å². The molecule has 8 nitrogen and oxygen atoms in total. The van der Waals surface area contributed by atoms with Gasteiger partial charge in [-0.3, -0.25) is 4.79 Å². The van der Waals surface area contributed by atoms with Gasteiger partial charge in [0.1, 0.15) is 36.3 Å². The maximum absolute atomic E-state index is 14.8. The van der Waals surface area contributed by atoms with Crippen molar-refractivity contribution in [1.82, 2.24) is 19.7 Å². The van der Waals surface area contributed by atoms with Crippen molar-refractivity contribution in [2.45, 2.75) is 12.5 Å². The van der Waals surface area contributed by atoms with Gasteiger partial charge in [0, 0.05) is 24.1 Å². The summed E-state index contributed by atoms with van der Waals surface area (Å²) in [5.41, 5.74) is 8.85. The highest BCUT2D eigenvalue weighted by molar-refractivity contribution is 6.05. The molecule has 4 aromatic rings. The van der Waals surface area contributed by atoms with Crippen LogP contribution in [-0.4, -0.2) is 38.7 Å². The molecule has 3 N–H and O–H groups in total. The van der Waals surface area contributed by atoms with Crippen molar-refractivity contribution in [3.05, 3.63) is 59.4 Å². The number of nitrogens with two attached hydrogens (primary N) is 1. The Kier molecular flexibility index (Phi) is 3.91. The number of rotatable bonds is 2. The SMILES string of the molecule is Nc1ncnc2c1c(-c1cc(F)c3c(c1)NCCO3)nn2C1Cc2ccc(F)cc2C1=O. The number of carbonyl (C=O) groups excluding carboxylic acids is 1. The summed E-state index contributed by atoms with van der Waals surface area (Å²) in [6, 6.07) is 6.47. The van der Waals surface area contributed by atoms with Crippen LogP contribution in [0.2, 0.25) is 0 Å². The molecule has 10 heteroatoms. The van der Waals surface area contributed by atoms with E-state index in [0.29, 0.717) is 53.1 Å². The van der Waals surface area contributed by atoms with Crippen LogP contribution >= 0.6 is 0 Å². The molecule has 2 aromatic heterocycles. The largest absolute Gasteiger partial charge is 0.486 e. The first-order chi connectivity index (χ1) is 15.5. The summed E-state index contributed by atoms with van der Waals surface area (Å²) in [6.45, 7) is 0.911. The van der Waals surface area contributed by atoms with Crippen molar-refractivity contribution in [3.8, 4) is 17.0 Å². The second kappa shape index (κ2) is 6.71. The third-order valence-corrected chi connectivity index (χ3v) is 5.85. The van der Waals surface area contributed by atoms with Gasteiger partial charge in [0.05, 0.1) is 11.1 Å². The second-order valence-corrected chi connectivity index (χ2v) is 7.75. The van der Waals surface area contributed by atoms with Gasteiger partial charge in [-0.15, -0.1) is 0 Å². The number of fused-ring (bicyclic) bond motifs is 3. The average molecular weight is 434 g/mol. The lowest BCUT2D eigenvalue weighted by Crippen LogP contribution is -2.19. The maximum atomic E-state index is 14.8. The average Bonchev–Trinajstić information content (AvgIpc) is 3.33. The number of nitrogen functional groups attached to an aromatic ring is 1. The molecule has 0 saturated heterocycles. The van der Waals surface area contributed by atoms with Gasteiger partial charge in [-0.25, -0.2) is 23.4 Å². The van der Waals surface area contributed by atoms with Gasteiger partial charge in [-0.2, -0.15) is 5.10 Å². The maximum Gasteiger partial charge on any atom is 0.188 e. The van der Waals surface area contributed by atoms with Crippen LogP contribution in [-0.2, 0) is 6.42 Å². The molecule has 2 aromatic carbocycles. The number of hydrogen-bond acceptors (Lipinski definition) is 7. The van der Waals surface area contributed by atoms with Gasteiger partial charge in [0.2, 0.25) is 0 Å². The zero-order chi connectivity index (χ0) is 22.0. The molecule has 0 fully saturated rings. The first-order valence-electron chi connectivity index (χ1n) is 10.0. The van der Waals surface area contributed by atoms with Gasteiger partial charge in [0.25, 0.3) is 0 Å². The minimum atomic E-state index is -0.721. The molecule has 0 saturated carbocycles. The lowest BCUT2D eigenvalue weighted by atomic mass is 10.1. The molecule has 160 valence electrons. The topological polar surface area (TPSA) is 108 Å². The van der Waals surface area contributed by atoms with E-state index >= 15 is 0 Å². The van der Waals surface area contributed by atoms with Crippen molar-refractivity contribution in [2.24, 2.45) is 0 Å². The summed E-state index contributed by atoms with van der Waals surface area (Å²) in [4.78, 5) is 21.4. The zero-order valence-electron chi connectivity index (χ0n) is 16.6. The number of nitrogens with one attached hydrogen (secondary N) is 1. The zero-order valence-corrected chi connectivity index (χ0v) is 16.6. The summed E-state index contributed by atoms with van der Waals surface area (Å²) >= 11 is 0. The summed E-state index contributed by atoms with van der Waals surface area (Å²) in [5.74, 6) is -0.972. The third-order valence-electron chi connectivity index (χ3n) is 5.85. The van der Waals surface area contributed by atoms with E-state index in [0.717, 1.165) is 5.56 Å². The van der Waals surface area contributed by atoms with Gasteiger partial charge in [-0.1, -0.05) is 6.07 Å². The molecular formula is C22H16F2N6O2. The van der Waals surface area contributed by atoms with Crippen LogP contribution < -0.4 is 15.8 Å². The fourth-order valence-electron chi connectivity index (χ4n) is 4.40. The van der Waals surface area contributed by atoms with E-state index in [4.69, 9.17) is 10.5 Å². The highest BCUT2D eigenvalue weighted by Crippen LogP contribution is 2.40. The standard InChI is InChI=1S/C22H16F2N6O2/c23-12-2-1-10-7-16(19(31)13(10)8-12)30-22-17(21(25)27-9-28-22)18(29-30)11-5-14(24)20-15(6-11)26-3-4-32-20/h1-2,5-6,8-9,16,26H,3-4,7H2,(H2,25,27,28). The van der Waals surface area contributed by atoms with E-state index in [2.05, 4.69) is 20.4 Å². The highest BCUT2D eigenvalue weighted by atomic mass is 19.1. The van der Waals surface area contributed by atoms with Crippen molar-refractivity contribution in [3.63, 3.8) is 0 Å². The van der Waals surface area contributed by atoms with Crippen molar-refractivity contribution in [2.75, 3.05) is 24.2 Å². The molecule has 3 heterocycles. The van der Waals surface area contributed by atoms with Gasteiger partial charge in [-0.05, 0) is 29.8 Å². The quantitative estimate of drug-likeness (QED) is 0.499. The Balaban J connectivity index is 1.54.